The van der Waals surface area contributed by atoms with Gasteiger partial charge in [-0.25, -0.2) is 4.99 Å². The lowest BCUT2D eigenvalue weighted by atomic mass is 10.1. The number of anilines is 6. The molecular formula is C38H36Cl5N7O3. The number of halogens is 5. The van der Waals surface area contributed by atoms with Crippen LogP contribution in [0.1, 0.15) is 43.4 Å². The van der Waals surface area contributed by atoms with Gasteiger partial charge >= 0.3 is 5.91 Å². The zero-order valence-electron chi connectivity index (χ0n) is 30.0. The highest BCUT2D eigenvalue weighted by atomic mass is 35.5. The highest BCUT2D eigenvalue weighted by Crippen LogP contribution is 2.44. The molecule has 4 aromatic rings. The molecule has 2 N–H and O–H groups in total. The number of nitrogens with zero attached hydrogens (tertiary/aromatic N) is 5. The van der Waals surface area contributed by atoms with E-state index in [1.54, 1.807) is 62.1 Å². The van der Waals surface area contributed by atoms with Crippen molar-refractivity contribution in [1.29, 1.82) is 0 Å². The second kappa shape index (κ2) is 16.4. The van der Waals surface area contributed by atoms with E-state index < -0.39 is 5.91 Å². The molecule has 53 heavy (non-hydrogen) atoms. The maximum atomic E-state index is 14.7. The average Bonchev–Trinajstić information content (AvgIpc) is 3.41. The number of rotatable bonds is 9. The molecular weight excluding hydrogens is 780 g/mol. The van der Waals surface area contributed by atoms with Crippen LogP contribution in [0.5, 0.6) is 0 Å². The van der Waals surface area contributed by atoms with Gasteiger partial charge in [0.15, 0.2) is 11.5 Å². The molecule has 0 fully saturated rings. The number of amides is 3. The van der Waals surface area contributed by atoms with E-state index in [2.05, 4.69) is 10.6 Å². The molecule has 1 heterocycles. The van der Waals surface area contributed by atoms with Crippen LogP contribution < -0.4 is 25.4 Å². The molecule has 1 aliphatic heterocycles. The molecule has 0 atom stereocenters. The van der Waals surface area contributed by atoms with Gasteiger partial charge in [-0.05, 0) is 92.1 Å². The Hall–Kier alpha value is -4.32. The third kappa shape index (κ3) is 8.27. The predicted octanol–water partition coefficient (Wildman–Crippen LogP) is 10.9. The molecule has 0 aliphatic carbocycles. The number of hydrogen-bond donors (Lipinski definition) is 2. The summed E-state index contributed by atoms with van der Waals surface area (Å²) < 4.78 is 0. The summed E-state index contributed by atoms with van der Waals surface area (Å²) in [6, 6.07) is 15.3. The fourth-order valence-electron chi connectivity index (χ4n) is 5.52. The number of aryl methyl sites for hydroxylation is 2. The molecule has 1 aliphatic rings. The van der Waals surface area contributed by atoms with Gasteiger partial charge in [0.1, 0.15) is 5.69 Å². The normalized spacial score (nSPS) is 13.4. The fraction of sp³-hybridized carbons (Fsp3) is 0.237. The Morgan fingerprint density at radius 1 is 0.755 bits per heavy atom. The first-order chi connectivity index (χ1) is 25.1. The number of hydrazone groups is 1. The summed E-state index contributed by atoms with van der Waals surface area (Å²) in [6.07, 6.45) is 0.528. The maximum absolute atomic E-state index is 14.7. The zero-order valence-corrected chi connectivity index (χ0v) is 33.7. The molecule has 15 heteroatoms. The van der Waals surface area contributed by atoms with Gasteiger partial charge in [-0.2, -0.15) is 5.01 Å². The number of carbonyl (C=O) groups is 3. The van der Waals surface area contributed by atoms with Crippen molar-refractivity contribution in [3.63, 3.8) is 0 Å². The van der Waals surface area contributed by atoms with Gasteiger partial charge in [0.05, 0.1) is 37.2 Å². The zero-order chi connectivity index (χ0) is 38.9. The molecule has 0 saturated carbocycles. The quantitative estimate of drug-likeness (QED) is 0.175. The van der Waals surface area contributed by atoms with Gasteiger partial charge in [0.25, 0.3) is 0 Å². The minimum absolute atomic E-state index is 0.0321. The minimum atomic E-state index is -0.642. The number of nitrogens with one attached hydrogen (secondary N) is 2. The highest BCUT2D eigenvalue weighted by molar-refractivity contribution is 6.74. The van der Waals surface area contributed by atoms with E-state index in [9.17, 15) is 14.4 Å². The molecule has 5 rings (SSSR count). The van der Waals surface area contributed by atoms with Crippen molar-refractivity contribution in [2.45, 2.75) is 47.5 Å². The van der Waals surface area contributed by atoms with Crippen LogP contribution >= 0.6 is 58.0 Å². The van der Waals surface area contributed by atoms with E-state index >= 15 is 0 Å². The number of benzene rings is 4. The van der Waals surface area contributed by atoms with E-state index in [0.717, 1.165) is 21.8 Å². The standard InChI is InChI=1S/C38H36Cl5N7O3/c1-8-31(51)44-22-10-12-29(26(40)16-22)49(30-13-11-23(17-27(30)41)45-32(52)9-2)37-35(46-34-19(3)14-24(48(6)7)15-20(34)4)38(53)50(47-37)36-28(42)18-25(39)21(5)33(36)43/h10-18H,8-9H2,1-7H3,(H,44,51)(H,45,52). The fourth-order valence-corrected chi connectivity index (χ4v) is 6.97. The molecule has 0 aromatic heterocycles. The molecule has 4 aromatic carbocycles. The van der Waals surface area contributed by atoms with Crippen molar-refractivity contribution in [1.82, 2.24) is 0 Å². The van der Waals surface area contributed by atoms with Crippen LogP contribution in [0.2, 0.25) is 25.1 Å². The smallest absolute Gasteiger partial charge is 0.301 e. The second-order valence-electron chi connectivity index (χ2n) is 12.4. The summed E-state index contributed by atoms with van der Waals surface area (Å²) in [4.78, 5) is 47.7. The highest BCUT2D eigenvalue weighted by Gasteiger charge is 2.41. The number of hydrogen-bond acceptors (Lipinski definition) is 7. The van der Waals surface area contributed by atoms with Crippen molar-refractivity contribution in [2.75, 3.05) is 39.5 Å². The Bertz CT molecular complexity index is 2130. The Kier molecular flexibility index (Phi) is 12.3. The lowest BCUT2D eigenvalue weighted by molar-refractivity contribution is -0.116. The molecule has 10 nitrogen and oxygen atoms in total. The van der Waals surface area contributed by atoms with E-state index in [-0.39, 0.29) is 62.0 Å². The first-order valence-corrected chi connectivity index (χ1v) is 18.4. The summed E-state index contributed by atoms with van der Waals surface area (Å²) in [5.74, 6) is -1.01. The largest absolute Gasteiger partial charge is 0.378 e. The van der Waals surface area contributed by atoms with Gasteiger partial charge in [-0.3, -0.25) is 19.3 Å². The number of carbonyl (C=O) groups excluding carboxylic acids is 3. The van der Waals surface area contributed by atoms with Gasteiger partial charge in [-0.15, -0.1) is 5.10 Å². The van der Waals surface area contributed by atoms with Gasteiger partial charge < -0.3 is 15.5 Å². The molecule has 0 spiro atoms. The van der Waals surface area contributed by atoms with Crippen LogP contribution in [0.15, 0.2) is 64.7 Å². The van der Waals surface area contributed by atoms with Gasteiger partial charge in [0, 0.05) is 49.0 Å². The Labute approximate surface area is 333 Å². The summed E-state index contributed by atoms with van der Waals surface area (Å²) >= 11 is 33.9. The maximum Gasteiger partial charge on any atom is 0.301 e. The lowest BCUT2D eigenvalue weighted by Crippen LogP contribution is -2.35. The van der Waals surface area contributed by atoms with Crippen molar-refractivity contribution in [2.24, 2.45) is 10.1 Å². The summed E-state index contributed by atoms with van der Waals surface area (Å²) in [6.45, 7) is 8.99. The van der Waals surface area contributed by atoms with Crippen LogP contribution in [0.25, 0.3) is 0 Å². The molecule has 0 bridgehead atoms. The van der Waals surface area contributed by atoms with Crippen molar-refractivity contribution in [3.8, 4) is 0 Å². The Balaban J connectivity index is 1.83. The van der Waals surface area contributed by atoms with Crippen LogP contribution in [-0.2, 0) is 14.4 Å². The Morgan fingerprint density at radius 3 is 1.72 bits per heavy atom. The number of amidine groups is 1. The van der Waals surface area contributed by atoms with Crippen molar-refractivity contribution < 1.29 is 14.4 Å². The van der Waals surface area contributed by atoms with E-state index in [1.165, 1.54) is 6.07 Å². The van der Waals surface area contributed by atoms with Gasteiger partial charge in [-0.1, -0.05) is 71.9 Å². The van der Waals surface area contributed by atoms with Crippen LogP contribution in [0.4, 0.5) is 39.8 Å². The molecule has 0 radical (unpaired) electrons. The summed E-state index contributed by atoms with van der Waals surface area (Å²) in [5.41, 5.74) is 5.23. The SMILES string of the molecule is CCC(=O)Nc1ccc(N(C2=NN(c3c(Cl)cc(Cl)c(C)c3Cl)C(=O)C2=Nc2c(C)cc(N(C)C)cc2C)c2ccc(NC(=O)CC)cc2Cl)c(Cl)c1. The summed E-state index contributed by atoms with van der Waals surface area (Å²) in [5, 5.41) is 12.4. The van der Waals surface area contributed by atoms with Crippen LogP contribution in [0.3, 0.4) is 0 Å². The third-order valence-corrected chi connectivity index (χ3v) is 10.2. The molecule has 3 amide bonds. The van der Waals surface area contributed by atoms with Gasteiger partial charge in [0.2, 0.25) is 11.8 Å². The van der Waals surface area contributed by atoms with Crippen molar-refractivity contribution >= 4 is 127 Å². The second-order valence-corrected chi connectivity index (χ2v) is 14.4. The average molecular weight is 816 g/mol. The topological polar surface area (TPSA) is 110 Å². The molecule has 0 unspecified atom stereocenters. The number of aliphatic imine (C=N–C) groups is 1. The predicted molar refractivity (Wildman–Crippen MR) is 221 cm³/mol. The lowest BCUT2D eigenvalue weighted by Gasteiger charge is -2.27. The minimum Gasteiger partial charge on any atom is -0.378 e. The van der Waals surface area contributed by atoms with E-state index in [0.29, 0.717) is 39.0 Å². The Morgan fingerprint density at radius 2 is 1.26 bits per heavy atom. The van der Waals surface area contributed by atoms with E-state index in [4.69, 9.17) is 68.1 Å². The third-order valence-electron chi connectivity index (χ3n) is 8.40. The molecule has 0 saturated heterocycles. The first kappa shape index (κ1) is 39.9. The summed E-state index contributed by atoms with van der Waals surface area (Å²) in [7, 11) is 3.88. The molecule has 276 valence electrons. The monoisotopic (exact) mass is 813 g/mol. The van der Waals surface area contributed by atoms with Crippen LogP contribution in [0, 0.1) is 20.8 Å². The first-order valence-electron chi connectivity index (χ1n) is 16.5. The van der Waals surface area contributed by atoms with Crippen LogP contribution in [-0.4, -0.2) is 43.4 Å². The van der Waals surface area contributed by atoms with E-state index in [1.807, 2.05) is 45.0 Å². The van der Waals surface area contributed by atoms with Crippen molar-refractivity contribution in [3.05, 3.63) is 96.4 Å².